The fourth-order valence-electron chi connectivity index (χ4n) is 1.95. The molecule has 0 aromatic rings. The maximum absolute atomic E-state index is 11.7. The van der Waals surface area contributed by atoms with E-state index in [1.165, 1.54) is 6.92 Å². The maximum Gasteiger partial charge on any atom is 0.376 e. The highest BCUT2D eigenvalue weighted by atomic mass is 31.1. The first-order chi connectivity index (χ1) is 12.1. The molecule has 0 aliphatic heterocycles. The first-order valence-corrected chi connectivity index (χ1v) is 9.60. The number of rotatable bonds is 15. The van der Waals surface area contributed by atoms with Crippen molar-refractivity contribution in [2.45, 2.75) is 71.5 Å². The molecule has 0 heterocycles. The third-order valence-corrected chi connectivity index (χ3v) is 3.83. The molecule has 0 fully saturated rings. The van der Waals surface area contributed by atoms with E-state index in [1.807, 2.05) is 6.92 Å². The van der Waals surface area contributed by atoms with Crippen molar-refractivity contribution < 1.29 is 42.7 Å². The number of ether oxygens (including phenoxy) is 1. The Morgan fingerprint density at radius 3 is 1.69 bits per heavy atom. The predicted molar refractivity (Wildman–Crippen MR) is 90.5 cm³/mol. The molecular formula is C16H25O9P. The quantitative estimate of drug-likeness (QED) is 0.191. The van der Waals surface area contributed by atoms with Gasteiger partial charge < -0.3 is 9.63 Å². The average Bonchev–Trinajstić information content (AvgIpc) is 2.55. The zero-order valence-corrected chi connectivity index (χ0v) is 15.9. The number of Topliss-reactive ketones (excluding diaryl/α,β-unsaturated/α-hetero) is 4. The van der Waals surface area contributed by atoms with Gasteiger partial charge in [-0.3, -0.25) is 28.3 Å². The Balaban J connectivity index is 4.01. The predicted octanol–water partition coefficient (Wildman–Crippen LogP) is 1.69. The molecule has 0 bridgehead atoms. The minimum absolute atomic E-state index is 0.00741. The fraction of sp³-hybridized carbons (Fsp3) is 0.688. The molecule has 0 amide bonds. The van der Waals surface area contributed by atoms with Crippen molar-refractivity contribution in [3.8, 4) is 0 Å². The minimum atomic E-state index is -3.30. The van der Waals surface area contributed by atoms with Crippen LogP contribution in [0.15, 0.2) is 0 Å². The second-order valence-corrected chi connectivity index (χ2v) is 6.41. The number of carbonyl (C=O) groups excluding carboxylic acids is 5. The van der Waals surface area contributed by atoms with Crippen molar-refractivity contribution in [2.24, 2.45) is 0 Å². The lowest BCUT2D eigenvalue weighted by atomic mass is 10.0. The lowest BCUT2D eigenvalue weighted by molar-refractivity contribution is -0.167. The van der Waals surface area contributed by atoms with Crippen molar-refractivity contribution >= 4 is 37.4 Å². The van der Waals surface area contributed by atoms with Gasteiger partial charge in [0.2, 0.25) is 12.1 Å². The molecule has 2 atom stereocenters. The molecule has 0 aliphatic carbocycles. The van der Waals surface area contributed by atoms with Gasteiger partial charge in [0.05, 0.1) is 0 Å². The lowest BCUT2D eigenvalue weighted by Crippen LogP contribution is -2.23. The van der Waals surface area contributed by atoms with E-state index in [1.54, 1.807) is 0 Å². The topological polar surface area (TPSA) is 141 Å². The second-order valence-electron chi connectivity index (χ2n) is 5.65. The van der Waals surface area contributed by atoms with Crippen LogP contribution in [0.3, 0.4) is 0 Å². The average molecular weight is 392 g/mol. The van der Waals surface area contributed by atoms with Gasteiger partial charge in [0, 0.05) is 44.9 Å². The molecule has 9 nitrogen and oxygen atoms in total. The molecule has 26 heavy (non-hydrogen) atoms. The molecule has 0 spiro atoms. The van der Waals surface area contributed by atoms with Gasteiger partial charge in [-0.25, -0.2) is 4.79 Å². The van der Waals surface area contributed by atoms with E-state index >= 15 is 0 Å². The smallest absolute Gasteiger partial charge is 0.376 e. The van der Waals surface area contributed by atoms with Crippen LogP contribution in [0.4, 0.5) is 0 Å². The highest BCUT2D eigenvalue weighted by Crippen LogP contribution is 2.18. The van der Waals surface area contributed by atoms with Crippen molar-refractivity contribution in [3.63, 3.8) is 0 Å². The first-order valence-electron chi connectivity index (χ1n) is 8.34. The van der Waals surface area contributed by atoms with Gasteiger partial charge in [0.1, 0.15) is 17.3 Å². The first kappa shape index (κ1) is 24.3. The van der Waals surface area contributed by atoms with E-state index in [0.29, 0.717) is 6.42 Å². The van der Waals surface area contributed by atoms with E-state index < -0.39 is 26.3 Å². The number of hydrogen-bond donors (Lipinski definition) is 1. The van der Waals surface area contributed by atoms with E-state index in [2.05, 4.69) is 9.26 Å². The van der Waals surface area contributed by atoms with Crippen LogP contribution in [0, 0.1) is 0 Å². The summed E-state index contributed by atoms with van der Waals surface area (Å²) in [5.41, 5.74) is 0. The zero-order valence-electron chi connectivity index (χ0n) is 14.9. The van der Waals surface area contributed by atoms with Crippen LogP contribution in [-0.2, 0) is 37.8 Å². The Labute approximate surface area is 152 Å². The Morgan fingerprint density at radius 1 is 0.846 bits per heavy atom. The molecule has 0 aromatic carbocycles. The molecule has 1 N–H and O–H groups in total. The normalized spacial score (nSPS) is 12.9. The van der Waals surface area contributed by atoms with Crippen LogP contribution in [-0.4, -0.2) is 40.3 Å². The molecule has 0 aliphatic rings. The largest absolute Gasteiger partial charge is 0.430 e. The van der Waals surface area contributed by atoms with Gasteiger partial charge in [-0.15, -0.1) is 0 Å². The van der Waals surface area contributed by atoms with E-state index in [9.17, 15) is 28.5 Å². The SMILES string of the molecule is CCCC(=O)CCC(=O)CCC(=O)CCC(=O)C(=O)OC(C)O[PH](=O)O. The molecule has 0 saturated carbocycles. The summed E-state index contributed by atoms with van der Waals surface area (Å²) in [5, 5.41) is 0. The summed E-state index contributed by atoms with van der Waals surface area (Å²) in [6, 6.07) is 0. The van der Waals surface area contributed by atoms with Crippen LogP contribution in [0.2, 0.25) is 0 Å². The van der Waals surface area contributed by atoms with E-state index in [-0.39, 0.29) is 55.9 Å². The Kier molecular flexibility index (Phi) is 12.6. The summed E-state index contributed by atoms with van der Waals surface area (Å²) in [5.74, 6) is -2.77. The fourth-order valence-corrected chi connectivity index (χ4v) is 2.28. The maximum atomic E-state index is 11.7. The van der Waals surface area contributed by atoms with Crippen molar-refractivity contribution in [2.75, 3.05) is 0 Å². The van der Waals surface area contributed by atoms with Gasteiger partial charge >= 0.3 is 14.2 Å². The Hall–Kier alpha value is -1.70. The molecule has 2 unspecified atom stereocenters. The van der Waals surface area contributed by atoms with Crippen molar-refractivity contribution in [1.82, 2.24) is 0 Å². The monoisotopic (exact) mass is 392 g/mol. The van der Waals surface area contributed by atoms with E-state index in [0.717, 1.165) is 6.42 Å². The summed E-state index contributed by atoms with van der Waals surface area (Å²) in [7, 11) is -3.30. The second kappa shape index (κ2) is 13.5. The van der Waals surface area contributed by atoms with Crippen molar-refractivity contribution in [1.29, 1.82) is 0 Å². The van der Waals surface area contributed by atoms with Crippen LogP contribution in [0.25, 0.3) is 0 Å². The van der Waals surface area contributed by atoms with Crippen LogP contribution < -0.4 is 0 Å². The molecule has 148 valence electrons. The standard InChI is InChI=1S/C16H25O9P/c1-3-4-12(17)5-6-13(18)7-8-14(19)9-10-15(20)16(21)24-11(2)25-26(22)23/h11,26H,3-10H2,1-2H3,(H,22,23). The van der Waals surface area contributed by atoms with Gasteiger partial charge in [-0.1, -0.05) is 6.92 Å². The Bertz CT molecular complexity index is 556. The van der Waals surface area contributed by atoms with Crippen LogP contribution in [0.5, 0.6) is 0 Å². The summed E-state index contributed by atoms with van der Waals surface area (Å²) >= 11 is 0. The van der Waals surface area contributed by atoms with Gasteiger partial charge in [-0.05, 0) is 13.3 Å². The number of hydrogen-bond acceptors (Lipinski definition) is 8. The summed E-state index contributed by atoms with van der Waals surface area (Å²) in [6.45, 7) is 3.05. The van der Waals surface area contributed by atoms with Crippen LogP contribution in [0.1, 0.15) is 65.2 Å². The van der Waals surface area contributed by atoms with Gasteiger partial charge in [0.15, 0.2) is 0 Å². The molecule has 0 saturated heterocycles. The van der Waals surface area contributed by atoms with Crippen LogP contribution >= 0.6 is 8.25 Å². The zero-order chi connectivity index (χ0) is 20.1. The third-order valence-electron chi connectivity index (χ3n) is 3.29. The molecule has 10 heteroatoms. The van der Waals surface area contributed by atoms with Gasteiger partial charge in [-0.2, -0.15) is 0 Å². The van der Waals surface area contributed by atoms with Crippen molar-refractivity contribution in [3.05, 3.63) is 0 Å². The summed E-state index contributed by atoms with van der Waals surface area (Å²) < 4.78 is 19.2. The molecular weight excluding hydrogens is 367 g/mol. The highest BCUT2D eigenvalue weighted by molar-refractivity contribution is 7.32. The third kappa shape index (κ3) is 12.6. The molecule has 0 rings (SSSR count). The molecule has 0 radical (unpaired) electrons. The number of carbonyl (C=O) groups is 5. The number of ketones is 4. The number of esters is 1. The summed E-state index contributed by atoms with van der Waals surface area (Å²) in [4.78, 5) is 66.0. The highest BCUT2D eigenvalue weighted by Gasteiger charge is 2.20. The van der Waals surface area contributed by atoms with Gasteiger partial charge in [0.25, 0.3) is 0 Å². The minimum Gasteiger partial charge on any atom is -0.430 e. The summed E-state index contributed by atoms with van der Waals surface area (Å²) in [6.07, 6.45) is -0.596. The lowest BCUT2D eigenvalue weighted by Gasteiger charge is -2.10. The van der Waals surface area contributed by atoms with E-state index in [4.69, 9.17) is 4.89 Å². The molecule has 0 aromatic heterocycles. The Morgan fingerprint density at radius 2 is 1.27 bits per heavy atom.